The molecule has 1 atom stereocenters. The van der Waals surface area contributed by atoms with Crippen LogP contribution in [0.5, 0.6) is 5.75 Å². The number of hydrogen-bond donors (Lipinski definition) is 2. The molecule has 0 saturated carbocycles. The number of piperidine rings is 2. The number of carbonyl (C=O) groups excluding carboxylic acids is 2. The fraction of sp³-hybridized carbons (Fsp3) is 0.588. The highest BCUT2D eigenvalue weighted by molar-refractivity contribution is 5.78. The molecular weight excluding hydrogens is 594 g/mol. The second kappa shape index (κ2) is 13.1. The third-order valence-corrected chi connectivity index (χ3v) is 9.10. The Bertz CT molecular complexity index is 1460. The van der Waals surface area contributed by atoms with Gasteiger partial charge in [0.25, 0.3) is 5.92 Å². The van der Waals surface area contributed by atoms with E-state index in [0.717, 1.165) is 49.9 Å². The summed E-state index contributed by atoms with van der Waals surface area (Å²) >= 11 is 0. The van der Waals surface area contributed by atoms with Crippen LogP contribution in [0.3, 0.4) is 0 Å². The first kappa shape index (κ1) is 33.6. The fourth-order valence-corrected chi connectivity index (χ4v) is 6.65. The molecule has 0 aliphatic carbocycles. The molecule has 10 nitrogen and oxygen atoms in total. The normalized spacial score (nSPS) is 20.5. The number of nitrogens with zero attached hydrogens (tertiary/aromatic N) is 5. The molecule has 0 unspecified atom stereocenters. The summed E-state index contributed by atoms with van der Waals surface area (Å²) in [5.74, 6) is -2.76. The number of hydrogen-bond acceptors (Lipinski definition) is 8. The summed E-state index contributed by atoms with van der Waals surface area (Å²) in [6.07, 6.45) is 5.45. The summed E-state index contributed by atoms with van der Waals surface area (Å²) in [6.45, 7) is 13.7. The maximum absolute atomic E-state index is 14.3. The van der Waals surface area contributed by atoms with Gasteiger partial charge in [0.1, 0.15) is 17.2 Å². The van der Waals surface area contributed by atoms with E-state index < -0.39 is 11.5 Å². The van der Waals surface area contributed by atoms with Crippen molar-refractivity contribution in [2.24, 2.45) is 5.41 Å². The van der Waals surface area contributed by atoms with E-state index in [4.69, 9.17) is 4.74 Å². The molecular formula is C34H46F2N6O4. The molecule has 46 heavy (non-hydrogen) atoms. The van der Waals surface area contributed by atoms with Crippen LogP contribution in [0.1, 0.15) is 64.5 Å². The first-order chi connectivity index (χ1) is 21.7. The van der Waals surface area contributed by atoms with E-state index >= 15 is 0 Å². The van der Waals surface area contributed by atoms with Gasteiger partial charge in [-0.3, -0.25) is 9.69 Å². The SMILES string of the molecule is C/C=C/C(F)(F)c1ccc(-c2nnc(N[C@@H]3CCCN(CC(=O)N4CCC5(CC4)CN(C(=O)OC(C)(C)C)C5)C3)cc2C)c(O)c1. The summed E-state index contributed by atoms with van der Waals surface area (Å²) < 4.78 is 34.0. The number of allylic oxidation sites excluding steroid dienone is 2. The number of phenolic OH excluding ortho intramolecular Hbond substituents is 1. The number of halogens is 2. The smallest absolute Gasteiger partial charge is 0.410 e. The Labute approximate surface area is 269 Å². The molecule has 3 saturated heterocycles. The zero-order chi connectivity index (χ0) is 33.3. The average molecular weight is 641 g/mol. The van der Waals surface area contributed by atoms with Crippen LogP contribution >= 0.6 is 0 Å². The fourth-order valence-electron chi connectivity index (χ4n) is 6.65. The number of nitrogens with one attached hydrogen (secondary N) is 1. The van der Waals surface area contributed by atoms with Crippen molar-refractivity contribution in [2.75, 3.05) is 51.1 Å². The number of aromatic nitrogens is 2. The Hall–Kier alpha value is -3.80. The zero-order valence-corrected chi connectivity index (χ0v) is 27.5. The molecule has 12 heteroatoms. The van der Waals surface area contributed by atoms with Crippen LogP contribution in [-0.2, 0) is 15.5 Å². The number of benzene rings is 1. The van der Waals surface area contributed by atoms with Gasteiger partial charge in [-0.15, -0.1) is 10.2 Å². The summed E-state index contributed by atoms with van der Waals surface area (Å²) in [7, 11) is 0. The van der Waals surface area contributed by atoms with Gasteiger partial charge in [-0.2, -0.15) is 8.78 Å². The van der Waals surface area contributed by atoms with Gasteiger partial charge < -0.3 is 25.0 Å². The van der Waals surface area contributed by atoms with Crippen molar-refractivity contribution in [1.29, 1.82) is 0 Å². The van der Waals surface area contributed by atoms with Gasteiger partial charge in [-0.05, 0) is 96.7 Å². The molecule has 5 rings (SSSR count). The molecule has 4 heterocycles. The number of anilines is 1. The van der Waals surface area contributed by atoms with Crippen molar-refractivity contribution in [3.05, 3.63) is 47.5 Å². The van der Waals surface area contributed by atoms with Crippen molar-refractivity contribution < 1.29 is 28.2 Å². The number of likely N-dealkylation sites (tertiary alicyclic amines) is 3. The van der Waals surface area contributed by atoms with Crippen LogP contribution in [0, 0.1) is 12.3 Å². The topological polar surface area (TPSA) is 111 Å². The lowest BCUT2D eigenvalue weighted by molar-refractivity contribution is -0.137. The Balaban J connectivity index is 1.11. The average Bonchev–Trinajstić information content (AvgIpc) is 2.95. The molecule has 2 aromatic rings. The summed E-state index contributed by atoms with van der Waals surface area (Å²) in [5, 5.41) is 22.6. The summed E-state index contributed by atoms with van der Waals surface area (Å²) in [6, 6.07) is 5.71. The van der Waals surface area contributed by atoms with Gasteiger partial charge in [-0.25, -0.2) is 4.79 Å². The van der Waals surface area contributed by atoms with Crippen LogP contribution in [0.4, 0.5) is 19.4 Å². The Morgan fingerprint density at radius 2 is 1.83 bits per heavy atom. The lowest BCUT2D eigenvalue weighted by Crippen LogP contribution is -2.63. The summed E-state index contributed by atoms with van der Waals surface area (Å²) in [5.41, 5.74) is 0.776. The van der Waals surface area contributed by atoms with E-state index in [2.05, 4.69) is 20.4 Å². The minimum atomic E-state index is -3.18. The highest BCUT2D eigenvalue weighted by Crippen LogP contribution is 2.41. The maximum atomic E-state index is 14.3. The highest BCUT2D eigenvalue weighted by atomic mass is 19.3. The van der Waals surface area contributed by atoms with E-state index in [1.165, 1.54) is 25.1 Å². The maximum Gasteiger partial charge on any atom is 0.410 e. The van der Waals surface area contributed by atoms with E-state index in [1.807, 2.05) is 38.7 Å². The number of alkyl halides is 2. The second-order valence-corrected chi connectivity index (χ2v) is 14.1. The Kier molecular flexibility index (Phi) is 9.58. The van der Waals surface area contributed by atoms with Crippen molar-refractivity contribution >= 4 is 17.8 Å². The third-order valence-electron chi connectivity index (χ3n) is 9.10. The van der Waals surface area contributed by atoms with Crippen LogP contribution in [0.25, 0.3) is 11.3 Å². The highest BCUT2D eigenvalue weighted by Gasteiger charge is 2.48. The Morgan fingerprint density at radius 1 is 1.11 bits per heavy atom. The second-order valence-electron chi connectivity index (χ2n) is 14.1. The summed E-state index contributed by atoms with van der Waals surface area (Å²) in [4.78, 5) is 31.5. The van der Waals surface area contributed by atoms with Gasteiger partial charge in [0.05, 0.1) is 12.2 Å². The number of rotatable bonds is 7. The number of aryl methyl sites for hydroxylation is 1. The van der Waals surface area contributed by atoms with E-state index in [9.17, 15) is 23.5 Å². The molecule has 1 aromatic carbocycles. The van der Waals surface area contributed by atoms with Gasteiger partial charge in [0.15, 0.2) is 0 Å². The number of amides is 2. The molecule has 2 amide bonds. The lowest BCUT2D eigenvalue weighted by atomic mass is 9.72. The van der Waals surface area contributed by atoms with Crippen molar-refractivity contribution in [2.45, 2.75) is 77.9 Å². The predicted molar refractivity (Wildman–Crippen MR) is 172 cm³/mol. The van der Waals surface area contributed by atoms with Crippen LogP contribution in [0.2, 0.25) is 0 Å². The van der Waals surface area contributed by atoms with Crippen molar-refractivity contribution in [3.8, 4) is 17.0 Å². The van der Waals surface area contributed by atoms with Gasteiger partial charge in [0.2, 0.25) is 5.91 Å². The molecule has 3 fully saturated rings. The van der Waals surface area contributed by atoms with Crippen molar-refractivity contribution in [3.63, 3.8) is 0 Å². The minimum Gasteiger partial charge on any atom is -0.507 e. The minimum absolute atomic E-state index is 0.0843. The standard InChI is InChI=1S/C34H46F2N6O4/c1-6-11-34(35,36)24-9-10-26(27(43)18-24)30-23(2)17-28(38-39-30)37-25-8-7-14-40(19-25)20-29(44)41-15-12-33(13-16-41)21-42(22-33)31(45)46-32(3,4)5/h6,9-11,17-18,25,43H,7-8,12-16,19-22H2,1-5H3,(H,37,38)/b11-6+/t25-/m1/s1. The molecule has 1 aromatic heterocycles. The monoisotopic (exact) mass is 640 g/mol. The van der Waals surface area contributed by atoms with Crippen LogP contribution < -0.4 is 5.32 Å². The molecule has 0 radical (unpaired) electrons. The van der Waals surface area contributed by atoms with E-state index in [-0.39, 0.29) is 34.8 Å². The number of ether oxygens (including phenoxy) is 1. The van der Waals surface area contributed by atoms with E-state index in [1.54, 1.807) is 4.90 Å². The molecule has 3 aliphatic rings. The van der Waals surface area contributed by atoms with Gasteiger partial charge in [-0.1, -0.05) is 12.1 Å². The van der Waals surface area contributed by atoms with E-state index in [0.29, 0.717) is 56.3 Å². The zero-order valence-electron chi connectivity index (χ0n) is 27.5. The largest absolute Gasteiger partial charge is 0.507 e. The number of phenols is 1. The van der Waals surface area contributed by atoms with Crippen molar-refractivity contribution in [1.82, 2.24) is 24.9 Å². The molecule has 1 spiro atoms. The molecule has 0 bridgehead atoms. The van der Waals surface area contributed by atoms with Crippen LogP contribution in [0.15, 0.2) is 36.4 Å². The van der Waals surface area contributed by atoms with Gasteiger partial charge in [0, 0.05) is 55.3 Å². The molecule has 2 N–H and O–H groups in total. The quantitative estimate of drug-likeness (QED) is 0.379. The predicted octanol–water partition coefficient (Wildman–Crippen LogP) is 5.56. The lowest BCUT2D eigenvalue weighted by Gasteiger charge is -2.53. The first-order valence-electron chi connectivity index (χ1n) is 16.1. The third kappa shape index (κ3) is 7.76. The number of carbonyl (C=O) groups is 2. The van der Waals surface area contributed by atoms with Gasteiger partial charge >= 0.3 is 6.09 Å². The Morgan fingerprint density at radius 3 is 2.46 bits per heavy atom. The molecule has 250 valence electrons. The molecule has 3 aliphatic heterocycles. The number of aromatic hydroxyl groups is 1. The first-order valence-corrected chi connectivity index (χ1v) is 16.1. The van der Waals surface area contributed by atoms with Crippen LogP contribution in [-0.4, -0.2) is 99.5 Å².